The fourth-order valence-corrected chi connectivity index (χ4v) is 2.37. The molecule has 0 fully saturated rings. The summed E-state index contributed by atoms with van der Waals surface area (Å²) in [4.78, 5) is 15.9. The van der Waals surface area contributed by atoms with Crippen LogP contribution in [0, 0.1) is 6.92 Å². The number of carboxylic acids is 1. The molecule has 0 unspecified atom stereocenters. The van der Waals surface area contributed by atoms with Crippen LogP contribution in [0.15, 0.2) is 47.7 Å². The van der Waals surface area contributed by atoms with Gasteiger partial charge in [0.25, 0.3) is 0 Å². The van der Waals surface area contributed by atoms with Gasteiger partial charge in [-0.3, -0.25) is 0 Å². The molecule has 1 aromatic carbocycles. The fourth-order valence-electron chi connectivity index (χ4n) is 2.37. The normalized spacial score (nSPS) is 11.7. The van der Waals surface area contributed by atoms with Gasteiger partial charge in [-0.1, -0.05) is 18.2 Å². The predicted molar refractivity (Wildman–Crippen MR) is 92.0 cm³/mol. The van der Waals surface area contributed by atoms with E-state index in [1.165, 1.54) is 7.11 Å². The SMILES string of the molecule is COC(C)=C(Cc1cc(-c2cccc(OC)n2)ccc1C)C(=O)O. The van der Waals surface area contributed by atoms with Crippen molar-refractivity contribution in [2.45, 2.75) is 20.3 Å². The first-order valence-electron chi connectivity index (χ1n) is 7.54. The molecule has 2 rings (SSSR count). The van der Waals surface area contributed by atoms with Crippen molar-refractivity contribution in [2.24, 2.45) is 0 Å². The Labute approximate surface area is 141 Å². The van der Waals surface area contributed by atoms with Crippen molar-refractivity contribution in [3.63, 3.8) is 0 Å². The summed E-state index contributed by atoms with van der Waals surface area (Å²) < 4.78 is 10.3. The van der Waals surface area contributed by atoms with E-state index in [1.54, 1.807) is 20.1 Å². The highest BCUT2D eigenvalue weighted by Crippen LogP contribution is 2.25. The second kappa shape index (κ2) is 7.64. The minimum absolute atomic E-state index is 0.247. The largest absolute Gasteiger partial charge is 0.501 e. The molecular weight excluding hydrogens is 306 g/mol. The molecule has 0 spiro atoms. The van der Waals surface area contributed by atoms with Crippen LogP contribution in [-0.4, -0.2) is 30.3 Å². The molecule has 0 radical (unpaired) electrons. The molecule has 24 heavy (non-hydrogen) atoms. The van der Waals surface area contributed by atoms with E-state index in [9.17, 15) is 9.90 Å². The number of carboxylic acid groups (broad SMARTS) is 1. The smallest absolute Gasteiger partial charge is 0.335 e. The van der Waals surface area contributed by atoms with E-state index in [4.69, 9.17) is 9.47 Å². The van der Waals surface area contributed by atoms with Crippen molar-refractivity contribution in [3.8, 4) is 17.1 Å². The molecule has 0 saturated heterocycles. The highest BCUT2D eigenvalue weighted by Gasteiger charge is 2.15. The minimum Gasteiger partial charge on any atom is -0.501 e. The number of benzene rings is 1. The molecular formula is C19H21NO4. The molecule has 0 bridgehead atoms. The number of aliphatic carboxylic acids is 1. The minimum atomic E-state index is -0.973. The van der Waals surface area contributed by atoms with E-state index in [0.29, 0.717) is 18.1 Å². The molecule has 5 heteroatoms. The standard InChI is InChI=1S/C19H21NO4/c1-12-8-9-14(17-6-5-7-18(20-17)24-4)10-15(12)11-16(19(21)22)13(2)23-3/h5-10H,11H2,1-4H3,(H,21,22). The summed E-state index contributed by atoms with van der Waals surface area (Å²) in [7, 11) is 3.05. The number of allylic oxidation sites excluding steroid dienone is 1. The summed E-state index contributed by atoms with van der Waals surface area (Å²) in [6.45, 7) is 3.62. The first kappa shape index (κ1) is 17.5. The van der Waals surface area contributed by atoms with Gasteiger partial charge < -0.3 is 14.6 Å². The third-order valence-electron chi connectivity index (χ3n) is 3.93. The quantitative estimate of drug-likeness (QED) is 0.648. The summed E-state index contributed by atoms with van der Waals surface area (Å²) in [6, 6.07) is 11.4. The maximum Gasteiger partial charge on any atom is 0.335 e. The molecule has 1 N–H and O–H groups in total. The molecule has 1 aromatic heterocycles. The number of nitrogens with zero attached hydrogens (tertiary/aromatic N) is 1. The zero-order valence-electron chi connectivity index (χ0n) is 14.3. The van der Waals surface area contributed by atoms with Crippen LogP contribution in [-0.2, 0) is 16.0 Å². The first-order chi connectivity index (χ1) is 11.5. The van der Waals surface area contributed by atoms with Gasteiger partial charge in [-0.25, -0.2) is 9.78 Å². The van der Waals surface area contributed by atoms with Crippen LogP contribution in [0.2, 0.25) is 0 Å². The highest BCUT2D eigenvalue weighted by molar-refractivity contribution is 5.87. The van der Waals surface area contributed by atoms with Gasteiger partial charge in [-0.2, -0.15) is 0 Å². The molecule has 5 nitrogen and oxygen atoms in total. The van der Waals surface area contributed by atoms with Gasteiger partial charge in [0.2, 0.25) is 5.88 Å². The number of ether oxygens (including phenoxy) is 2. The van der Waals surface area contributed by atoms with Gasteiger partial charge in [-0.15, -0.1) is 0 Å². The lowest BCUT2D eigenvalue weighted by molar-refractivity contribution is -0.133. The van der Waals surface area contributed by atoms with E-state index >= 15 is 0 Å². The van der Waals surface area contributed by atoms with E-state index < -0.39 is 5.97 Å². The molecule has 1 heterocycles. The predicted octanol–water partition coefficient (Wildman–Crippen LogP) is 3.61. The Bertz CT molecular complexity index is 781. The van der Waals surface area contributed by atoms with E-state index in [1.807, 2.05) is 37.3 Å². The summed E-state index contributed by atoms with van der Waals surface area (Å²) >= 11 is 0. The van der Waals surface area contributed by atoms with Crippen LogP contribution in [0.3, 0.4) is 0 Å². The summed E-state index contributed by atoms with van der Waals surface area (Å²) in [5.74, 6) is -0.0264. The highest BCUT2D eigenvalue weighted by atomic mass is 16.5. The van der Waals surface area contributed by atoms with Crippen LogP contribution in [0.1, 0.15) is 18.1 Å². The number of hydrogen-bond donors (Lipinski definition) is 1. The number of aromatic nitrogens is 1. The Balaban J connectivity index is 2.43. The lowest BCUT2D eigenvalue weighted by Crippen LogP contribution is -2.08. The Morgan fingerprint density at radius 3 is 2.58 bits per heavy atom. The second-order valence-corrected chi connectivity index (χ2v) is 5.43. The lowest BCUT2D eigenvalue weighted by atomic mass is 9.96. The van der Waals surface area contributed by atoms with Crippen LogP contribution in [0.25, 0.3) is 11.3 Å². The van der Waals surface area contributed by atoms with Crippen molar-refractivity contribution in [1.82, 2.24) is 4.98 Å². The third kappa shape index (κ3) is 3.93. The van der Waals surface area contributed by atoms with Crippen LogP contribution in [0.5, 0.6) is 5.88 Å². The number of aryl methyl sites for hydroxylation is 1. The summed E-state index contributed by atoms with van der Waals surface area (Å²) in [6.07, 6.45) is 0.290. The van der Waals surface area contributed by atoms with Gasteiger partial charge in [-0.05, 0) is 37.1 Å². The Kier molecular flexibility index (Phi) is 5.58. The average Bonchev–Trinajstić information content (AvgIpc) is 2.60. The van der Waals surface area contributed by atoms with Gasteiger partial charge in [0.1, 0.15) is 5.76 Å². The Morgan fingerprint density at radius 1 is 1.21 bits per heavy atom. The molecule has 0 atom stereocenters. The Morgan fingerprint density at radius 2 is 1.96 bits per heavy atom. The maximum absolute atomic E-state index is 11.5. The molecule has 126 valence electrons. The third-order valence-corrected chi connectivity index (χ3v) is 3.93. The van der Waals surface area contributed by atoms with Crippen molar-refractivity contribution < 1.29 is 19.4 Å². The van der Waals surface area contributed by atoms with Gasteiger partial charge in [0.15, 0.2) is 0 Å². The maximum atomic E-state index is 11.5. The van der Waals surface area contributed by atoms with Crippen LogP contribution in [0.4, 0.5) is 0 Å². The molecule has 0 saturated carbocycles. The van der Waals surface area contributed by atoms with E-state index in [-0.39, 0.29) is 5.57 Å². The van der Waals surface area contributed by atoms with Crippen LogP contribution >= 0.6 is 0 Å². The van der Waals surface area contributed by atoms with Crippen molar-refractivity contribution in [3.05, 3.63) is 58.9 Å². The molecule has 2 aromatic rings. The summed E-state index contributed by atoms with van der Waals surface area (Å²) in [5, 5.41) is 9.41. The van der Waals surface area contributed by atoms with Crippen molar-refractivity contribution in [2.75, 3.05) is 14.2 Å². The summed E-state index contributed by atoms with van der Waals surface area (Å²) in [5.41, 5.74) is 3.88. The topological polar surface area (TPSA) is 68.7 Å². The van der Waals surface area contributed by atoms with Gasteiger partial charge in [0, 0.05) is 18.1 Å². The molecule has 0 aliphatic carbocycles. The van der Waals surface area contributed by atoms with E-state index in [2.05, 4.69) is 4.98 Å². The van der Waals surface area contributed by atoms with Gasteiger partial charge >= 0.3 is 5.97 Å². The number of hydrogen-bond acceptors (Lipinski definition) is 4. The number of methoxy groups -OCH3 is 2. The lowest BCUT2D eigenvalue weighted by Gasteiger charge is -2.12. The number of carbonyl (C=O) groups is 1. The zero-order chi connectivity index (χ0) is 17.7. The molecule has 0 aliphatic heterocycles. The molecule has 0 aliphatic rings. The second-order valence-electron chi connectivity index (χ2n) is 5.43. The monoisotopic (exact) mass is 327 g/mol. The van der Waals surface area contributed by atoms with E-state index in [0.717, 1.165) is 22.4 Å². The average molecular weight is 327 g/mol. The van der Waals surface area contributed by atoms with Crippen LogP contribution < -0.4 is 4.74 Å². The van der Waals surface area contributed by atoms with Crippen molar-refractivity contribution in [1.29, 1.82) is 0 Å². The fraction of sp³-hybridized carbons (Fsp3) is 0.263. The molecule has 0 amide bonds. The number of rotatable bonds is 6. The van der Waals surface area contributed by atoms with Gasteiger partial charge in [0.05, 0.1) is 25.5 Å². The zero-order valence-corrected chi connectivity index (χ0v) is 14.3. The first-order valence-corrected chi connectivity index (χ1v) is 7.54. The van der Waals surface area contributed by atoms with Crippen molar-refractivity contribution >= 4 is 5.97 Å². The number of pyridine rings is 1. The Hall–Kier alpha value is -2.82.